The van der Waals surface area contributed by atoms with Crippen molar-refractivity contribution < 1.29 is 0 Å². The summed E-state index contributed by atoms with van der Waals surface area (Å²) < 4.78 is 0. The smallest absolute Gasteiger partial charge is 0.00489 e. The van der Waals surface area contributed by atoms with E-state index in [1.807, 2.05) is 0 Å². The van der Waals surface area contributed by atoms with Gasteiger partial charge in [-0.3, -0.25) is 0 Å². The van der Waals surface area contributed by atoms with E-state index in [2.05, 4.69) is 0 Å². The largest absolute Gasteiger partial charge is 0.330 e. The maximum Gasteiger partial charge on any atom is -0.00489 e. The molecule has 0 amide bonds. The average molecular weight is 211 g/mol. The molecule has 1 rings (SSSR count). The molecule has 0 atom stereocenters. The van der Waals surface area contributed by atoms with Crippen LogP contribution in [-0.4, -0.2) is 6.54 Å². The van der Waals surface area contributed by atoms with E-state index in [1.165, 1.54) is 77.0 Å². The Labute approximate surface area is 95.8 Å². The Bertz CT molecular complexity index is 119. The summed E-state index contributed by atoms with van der Waals surface area (Å²) in [6, 6.07) is 0. The van der Waals surface area contributed by atoms with Gasteiger partial charge in [0.25, 0.3) is 0 Å². The first-order chi connectivity index (χ1) is 7.43. The second-order valence-corrected chi connectivity index (χ2v) is 5.21. The molecule has 0 aromatic rings. The standard InChI is InChI=1S/C14H29N/c15-13-14-11-9-7-5-3-1-2-4-6-8-10-12-14/h14H,1-13,15H2. The molecular weight excluding hydrogens is 182 g/mol. The monoisotopic (exact) mass is 211 g/mol. The van der Waals surface area contributed by atoms with Gasteiger partial charge >= 0.3 is 0 Å². The van der Waals surface area contributed by atoms with Crippen LogP contribution in [0.1, 0.15) is 77.0 Å². The van der Waals surface area contributed by atoms with Crippen LogP contribution in [0.2, 0.25) is 0 Å². The second kappa shape index (κ2) is 9.21. The van der Waals surface area contributed by atoms with Crippen molar-refractivity contribution in [2.75, 3.05) is 6.54 Å². The van der Waals surface area contributed by atoms with Crippen LogP contribution in [0.4, 0.5) is 0 Å². The minimum absolute atomic E-state index is 0.825. The van der Waals surface area contributed by atoms with Gasteiger partial charge in [0.1, 0.15) is 0 Å². The Morgan fingerprint density at radius 3 is 1.27 bits per heavy atom. The van der Waals surface area contributed by atoms with Crippen LogP contribution >= 0.6 is 0 Å². The SMILES string of the molecule is NCC1CCCCCCCCCCCC1. The summed E-state index contributed by atoms with van der Waals surface area (Å²) in [6.07, 6.45) is 17.3. The van der Waals surface area contributed by atoms with E-state index in [0.717, 1.165) is 12.5 Å². The summed E-state index contributed by atoms with van der Waals surface area (Å²) in [5, 5.41) is 0. The highest BCUT2D eigenvalue weighted by atomic mass is 14.5. The molecule has 90 valence electrons. The van der Waals surface area contributed by atoms with Crippen molar-refractivity contribution in [1.29, 1.82) is 0 Å². The molecule has 0 spiro atoms. The van der Waals surface area contributed by atoms with E-state index in [1.54, 1.807) is 0 Å². The quantitative estimate of drug-likeness (QED) is 0.689. The third kappa shape index (κ3) is 6.94. The average Bonchev–Trinajstić information content (AvgIpc) is 2.29. The zero-order valence-electron chi connectivity index (χ0n) is 10.3. The van der Waals surface area contributed by atoms with E-state index in [4.69, 9.17) is 5.73 Å². The minimum Gasteiger partial charge on any atom is -0.330 e. The van der Waals surface area contributed by atoms with Crippen molar-refractivity contribution in [2.45, 2.75) is 77.0 Å². The molecule has 0 unspecified atom stereocenters. The van der Waals surface area contributed by atoms with Gasteiger partial charge in [0.2, 0.25) is 0 Å². The molecule has 0 radical (unpaired) electrons. The molecule has 0 aliphatic heterocycles. The topological polar surface area (TPSA) is 26.0 Å². The molecule has 0 saturated heterocycles. The van der Waals surface area contributed by atoms with Crippen LogP contribution in [-0.2, 0) is 0 Å². The van der Waals surface area contributed by atoms with Crippen LogP contribution in [0.25, 0.3) is 0 Å². The summed E-state index contributed by atoms with van der Waals surface area (Å²) in [5.41, 5.74) is 5.81. The number of nitrogens with two attached hydrogens (primary N) is 1. The Morgan fingerprint density at radius 1 is 0.600 bits per heavy atom. The van der Waals surface area contributed by atoms with Gasteiger partial charge in [-0.25, -0.2) is 0 Å². The fraction of sp³-hybridized carbons (Fsp3) is 1.00. The highest BCUT2D eigenvalue weighted by Gasteiger charge is 2.06. The van der Waals surface area contributed by atoms with Gasteiger partial charge in [0.05, 0.1) is 0 Å². The highest BCUT2D eigenvalue weighted by Crippen LogP contribution is 2.19. The molecule has 1 heteroatoms. The first-order valence-corrected chi connectivity index (χ1v) is 7.13. The molecule has 2 N–H and O–H groups in total. The first kappa shape index (κ1) is 13.0. The lowest BCUT2D eigenvalue weighted by molar-refractivity contribution is 0.416. The van der Waals surface area contributed by atoms with E-state index >= 15 is 0 Å². The minimum atomic E-state index is 0.825. The third-order valence-electron chi connectivity index (χ3n) is 3.81. The normalized spacial score (nSPS) is 23.8. The second-order valence-electron chi connectivity index (χ2n) is 5.21. The molecule has 0 aromatic heterocycles. The maximum absolute atomic E-state index is 5.81. The number of rotatable bonds is 1. The molecule has 1 fully saturated rings. The van der Waals surface area contributed by atoms with Gasteiger partial charge < -0.3 is 5.73 Å². The summed E-state index contributed by atoms with van der Waals surface area (Å²) in [7, 11) is 0. The maximum atomic E-state index is 5.81. The molecule has 0 heterocycles. The van der Waals surface area contributed by atoms with Crippen molar-refractivity contribution in [3.8, 4) is 0 Å². The summed E-state index contributed by atoms with van der Waals surface area (Å²) >= 11 is 0. The van der Waals surface area contributed by atoms with Crippen molar-refractivity contribution in [1.82, 2.24) is 0 Å². The lowest BCUT2D eigenvalue weighted by atomic mass is 9.95. The molecule has 1 aliphatic rings. The van der Waals surface area contributed by atoms with Gasteiger partial charge in [0.15, 0.2) is 0 Å². The van der Waals surface area contributed by atoms with Gasteiger partial charge in [-0.2, -0.15) is 0 Å². The Morgan fingerprint density at radius 2 is 0.933 bits per heavy atom. The van der Waals surface area contributed by atoms with Gasteiger partial charge in [0, 0.05) is 0 Å². The van der Waals surface area contributed by atoms with E-state index in [-0.39, 0.29) is 0 Å². The zero-order valence-corrected chi connectivity index (χ0v) is 10.3. The lowest BCUT2D eigenvalue weighted by Crippen LogP contribution is -2.14. The summed E-state index contributed by atoms with van der Waals surface area (Å²) in [6.45, 7) is 0.917. The Hall–Kier alpha value is -0.0400. The van der Waals surface area contributed by atoms with E-state index in [9.17, 15) is 0 Å². The highest BCUT2D eigenvalue weighted by molar-refractivity contribution is 4.62. The fourth-order valence-electron chi connectivity index (χ4n) is 2.66. The summed E-state index contributed by atoms with van der Waals surface area (Å²) in [5.74, 6) is 0.825. The van der Waals surface area contributed by atoms with Crippen molar-refractivity contribution >= 4 is 0 Å². The molecule has 1 aliphatic carbocycles. The van der Waals surface area contributed by atoms with Crippen molar-refractivity contribution in [3.63, 3.8) is 0 Å². The van der Waals surface area contributed by atoms with Crippen molar-refractivity contribution in [2.24, 2.45) is 11.7 Å². The fourth-order valence-corrected chi connectivity index (χ4v) is 2.66. The number of hydrogen-bond acceptors (Lipinski definition) is 1. The third-order valence-corrected chi connectivity index (χ3v) is 3.81. The molecule has 1 nitrogen and oxygen atoms in total. The lowest BCUT2D eigenvalue weighted by Gasteiger charge is -2.13. The first-order valence-electron chi connectivity index (χ1n) is 7.13. The van der Waals surface area contributed by atoms with E-state index < -0.39 is 0 Å². The van der Waals surface area contributed by atoms with Crippen LogP contribution in [0.15, 0.2) is 0 Å². The van der Waals surface area contributed by atoms with Crippen LogP contribution in [0.5, 0.6) is 0 Å². The predicted octanol–water partition coefficient (Wildman–Crippen LogP) is 4.26. The Balaban J connectivity index is 2.17. The molecular formula is C14H29N. The molecule has 1 saturated carbocycles. The number of hydrogen-bond donors (Lipinski definition) is 1. The predicted molar refractivity (Wildman–Crippen MR) is 67.9 cm³/mol. The Kier molecular flexibility index (Phi) is 7.99. The zero-order chi connectivity index (χ0) is 10.8. The van der Waals surface area contributed by atoms with Crippen molar-refractivity contribution in [3.05, 3.63) is 0 Å². The molecule has 0 aromatic carbocycles. The van der Waals surface area contributed by atoms with Crippen LogP contribution in [0.3, 0.4) is 0 Å². The van der Waals surface area contributed by atoms with Gasteiger partial charge in [-0.1, -0.05) is 64.2 Å². The van der Waals surface area contributed by atoms with Crippen LogP contribution in [0, 0.1) is 5.92 Å². The van der Waals surface area contributed by atoms with Gasteiger partial charge in [-0.15, -0.1) is 0 Å². The summed E-state index contributed by atoms with van der Waals surface area (Å²) in [4.78, 5) is 0. The molecule has 15 heavy (non-hydrogen) atoms. The van der Waals surface area contributed by atoms with Gasteiger partial charge in [-0.05, 0) is 25.3 Å². The van der Waals surface area contributed by atoms with Crippen LogP contribution < -0.4 is 5.73 Å². The molecule has 0 bridgehead atoms. The van der Waals surface area contributed by atoms with E-state index in [0.29, 0.717) is 0 Å².